The molecule has 7 nitrogen and oxygen atoms in total. The standard InChI is InChI=1S/C25H30N2O5S/c1-26-16-19(14-18-15-25(10-9-22(18)26)30-11-12-31-25)23(28)27(17-21-8-5-13-33-21)24(29)32-20-6-3-2-4-7-20/h2-8,13,18-19,22H,9-12,14-17H2,1H3/t18-,19-,22-/m1/s1. The van der Waals surface area contributed by atoms with E-state index in [1.165, 1.54) is 16.2 Å². The fourth-order valence-electron chi connectivity index (χ4n) is 5.58. The highest BCUT2D eigenvalue weighted by molar-refractivity contribution is 7.09. The van der Waals surface area contributed by atoms with Crippen LogP contribution in [0.1, 0.15) is 30.6 Å². The van der Waals surface area contributed by atoms with Gasteiger partial charge in [0, 0.05) is 30.3 Å². The summed E-state index contributed by atoms with van der Waals surface area (Å²) in [4.78, 5) is 31.4. The van der Waals surface area contributed by atoms with Crippen molar-refractivity contribution in [3.05, 3.63) is 52.7 Å². The number of amides is 2. The first-order valence-electron chi connectivity index (χ1n) is 11.6. The van der Waals surface area contributed by atoms with Crippen molar-refractivity contribution in [2.24, 2.45) is 11.8 Å². The quantitative estimate of drug-likeness (QED) is 0.669. The van der Waals surface area contributed by atoms with Gasteiger partial charge in [-0.3, -0.25) is 4.79 Å². The highest BCUT2D eigenvalue weighted by Gasteiger charge is 2.49. The van der Waals surface area contributed by atoms with Crippen molar-refractivity contribution in [3.8, 4) is 5.75 Å². The molecule has 5 rings (SSSR count). The van der Waals surface area contributed by atoms with Crippen LogP contribution in [0.5, 0.6) is 5.75 Å². The summed E-state index contributed by atoms with van der Waals surface area (Å²) in [6.45, 7) is 2.12. The molecule has 0 unspecified atom stereocenters. The maximum Gasteiger partial charge on any atom is 0.422 e. The molecule has 3 fully saturated rings. The van der Waals surface area contributed by atoms with Gasteiger partial charge in [-0.05, 0) is 49.4 Å². The highest BCUT2D eigenvalue weighted by Crippen LogP contribution is 2.45. The molecule has 1 saturated carbocycles. The lowest BCUT2D eigenvalue weighted by Crippen LogP contribution is -2.56. The van der Waals surface area contributed by atoms with E-state index >= 15 is 0 Å². The number of nitrogens with zero attached hydrogens (tertiary/aromatic N) is 2. The van der Waals surface area contributed by atoms with Crippen LogP contribution in [0.2, 0.25) is 0 Å². The molecule has 0 radical (unpaired) electrons. The molecule has 3 aliphatic rings. The SMILES string of the molecule is CN1C[C@H](C(=O)N(Cc2cccs2)C(=O)Oc2ccccc2)C[C@@H]2CC3(CC[C@H]21)OCCO3. The van der Waals surface area contributed by atoms with E-state index in [2.05, 4.69) is 11.9 Å². The normalized spacial score (nSPS) is 26.6. The Labute approximate surface area is 198 Å². The number of carbonyl (C=O) groups is 2. The highest BCUT2D eigenvalue weighted by atomic mass is 32.1. The molecule has 2 saturated heterocycles. The van der Waals surface area contributed by atoms with E-state index in [1.54, 1.807) is 24.3 Å². The van der Waals surface area contributed by atoms with Gasteiger partial charge in [-0.25, -0.2) is 9.69 Å². The van der Waals surface area contributed by atoms with Crippen molar-refractivity contribution >= 4 is 23.3 Å². The second-order valence-corrected chi connectivity index (χ2v) is 10.3. The van der Waals surface area contributed by atoms with E-state index in [1.807, 2.05) is 23.6 Å². The molecular formula is C25H30N2O5S. The van der Waals surface area contributed by atoms with Crippen molar-refractivity contribution in [2.45, 2.75) is 44.1 Å². The molecule has 1 spiro atoms. The van der Waals surface area contributed by atoms with Crippen LogP contribution in [-0.4, -0.2) is 60.4 Å². The molecule has 0 N–H and O–H groups in total. The van der Waals surface area contributed by atoms with E-state index < -0.39 is 11.9 Å². The molecule has 2 amide bonds. The van der Waals surface area contributed by atoms with Crippen molar-refractivity contribution in [1.29, 1.82) is 0 Å². The summed E-state index contributed by atoms with van der Waals surface area (Å²) in [7, 11) is 2.08. The summed E-state index contributed by atoms with van der Waals surface area (Å²) in [5.74, 6) is -0.232. The van der Waals surface area contributed by atoms with Crippen molar-refractivity contribution in [3.63, 3.8) is 0 Å². The Hall–Kier alpha value is -2.26. The molecule has 176 valence electrons. The van der Waals surface area contributed by atoms with Crippen LogP contribution in [0.15, 0.2) is 47.8 Å². The number of hydrogen-bond acceptors (Lipinski definition) is 7. The van der Waals surface area contributed by atoms with Gasteiger partial charge >= 0.3 is 6.09 Å². The number of para-hydroxylation sites is 1. The predicted molar refractivity (Wildman–Crippen MR) is 124 cm³/mol. The Kier molecular flexibility index (Phi) is 6.51. The Bertz CT molecular complexity index is 960. The van der Waals surface area contributed by atoms with Crippen molar-refractivity contribution in [1.82, 2.24) is 9.80 Å². The Morgan fingerprint density at radius 3 is 2.70 bits per heavy atom. The number of thiophene rings is 1. The lowest BCUT2D eigenvalue weighted by molar-refractivity contribution is -0.202. The summed E-state index contributed by atoms with van der Waals surface area (Å²) in [5, 5.41) is 1.95. The summed E-state index contributed by atoms with van der Waals surface area (Å²) >= 11 is 1.53. The van der Waals surface area contributed by atoms with Crippen LogP contribution in [-0.2, 0) is 20.8 Å². The second kappa shape index (κ2) is 9.54. The van der Waals surface area contributed by atoms with Gasteiger partial charge in [0.2, 0.25) is 5.91 Å². The molecule has 1 aromatic heterocycles. The zero-order valence-electron chi connectivity index (χ0n) is 18.9. The van der Waals surface area contributed by atoms with Gasteiger partial charge in [-0.1, -0.05) is 24.3 Å². The van der Waals surface area contributed by atoms with Crippen LogP contribution < -0.4 is 4.74 Å². The Balaban J connectivity index is 1.33. The monoisotopic (exact) mass is 470 g/mol. The average molecular weight is 471 g/mol. The van der Waals surface area contributed by atoms with Crippen molar-refractivity contribution < 1.29 is 23.8 Å². The fourth-order valence-corrected chi connectivity index (χ4v) is 6.27. The summed E-state index contributed by atoms with van der Waals surface area (Å²) < 4.78 is 17.5. The van der Waals surface area contributed by atoms with Crippen LogP contribution in [0, 0.1) is 11.8 Å². The molecule has 3 atom stereocenters. The minimum absolute atomic E-state index is 0.178. The maximum atomic E-state index is 13.7. The summed E-state index contributed by atoms with van der Waals surface area (Å²) in [5.41, 5.74) is 0. The number of hydrogen-bond donors (Lipinski definition) is 0. The fraction of sp³-hybridized carbons (Fsp3) is 0.520. The van der Waals surface area contributed by atoms with E-state index in [0.717, 1.165) is 30.6 Å². The molecule has 0 bridgehead atoms. The first kappa shape index (κ1) is 22.5. The van der Waals surface area contributed by atoms with E-state index in [-0.39, 0.29) is 18.4 Å². The van der Waals surface area contributed by atoms with Gasteiger partial charge in [0.25, 0.3) is 0 Å². The zero-order chi connectivity index (χ0) is 22.8. The zero-order valence-corrected chi connectivity index (χ0v) is 19.7. The van der Waals surface area contributed by atoms with Gasteiger partial charge in [-0.2, -0.15) is 0 Å². The predicted octanol–water partition coefficient (Wildman–Crippen LogP) is 4.14. The largest absolute Gasteiger partial charge is 0.422 e. The Morgan fingerprint density at radius 1 is 1.18 bits per heavy atom. The van der Waals surface area contributed by atoms with Crippen LogP contribution in [0.3, 0.4) is 0 Å². The third-order valence-electron chi connectivity index (χ3n) is 7.09. The minimum Gasteiger partial charge on any atom is -0.410 e. The topological polar surface area (TPSA) is 68.3 Å². The van der Waals surface area contributed by atoms with Gasteiger partial charge in [-0.15, -0.1) is 11.3 Å². The molecule has 2 aliphatic heterocycles. The number of imide groups is 1. The number of ether oxygens (including phenoxy) is 3. The molecule has 8 heteroatoms. The van der Waals surface area contributed by atoms with E-state index in [4.69, 9.17) is 14.2 Å². The third-order valence-corrected chi connectivity index (χ3v) is 7.95. The van der Waals surface area contributed by atoms with Crippen LogP contribution >= 0.6 is 11.3 Å². The second-order valence-electron chi connectivity index (χ2n) is 9.23. The number of rotatable bonds is 4. The number of fused-ring (bicyclic) bond motifs is 1. The molecule has 2 aromatic rings. The Morgan fingerprint density at radius 2 is 1.97 bits per heavy atom. The number of likely N-dealkylation sites (tertiary alicyclic amines) is 1. The lowest BCUT2D eigenvalue weighted by atomic mass is 9.72. The number of carbonyl (C=O) groups excluding carboxylic acids is 2. The molecule has 3 heterocycles. The maximum absolute atomic E-state index is 13.7. The molecule has 1 aromatic carbocycles. The van der Waals surface area contributed by atoms with Gasteiger partial charge in [0.1, 0.15) is 5.75 Å². The minimum atomic E-state index is -0.632. The van der Waals surface area contributed by atoms with Gasteiger partial charge in [0.05, 0.1) is 25.7 Å². The molecular weight excluding hydrogens is 440 g/mol. The summed E-state index contributed by atoms with van der Waals surface area (Å²) in [6, 6.07) is 13.2. The number of benzene rings is 1. The van der Waals surface area contributed by atoms with Gasteiger partial charge in [0.15, 0.2) is 5.79 Å². The lowest BCUT2D eigenvalue weighted by Gasteiger charge is -2.49. The van der Waals surface area contributed by atoms with Crippen molar-refractivity contribution in [2.75, 3.05) is 26.8 Å². The average Bonchev–Trinajstić information content (AvgIpc) is 3.50. The first-order valence-corrected chi connectivity index (χ1v) is 12.5. The molecule has 33 heavy (non-hydrogen) atoms. The van der Waals surface area contributed by atoms with Gasteiger partial charge < -0.3 is 19.1 Å². The first-order chi connectivity index (χ1) is 16.0. The third kappa shape index (κ3) is 4.84. The smallest absolute Gasteiger partial charge is 0.410 e. The number of piperidine rings is 1. The van der Waals surface area contributed by atoms with Crippen LogP contribution in [0.4, 0.5) is 4.79 Å². The molecule has 1 aliphatic carbocycles. The van der Waals surface area contributed by atoms with Crippen LogP contribution in [0.25, 0.3) is 0 Å². The van der Waals surface area contributed by atoms with E-state index in [9.17, 15) is 9.59 Å². The van der Waals surface area contributed by atoms with E-state index in [0.29, 0.717) is 37.5 Å². The summed E-state index contributed by atoms with van der Waals surface area (Å²) in [6.07, 6.45) is 2.78.